The summed E-state index contributed by atoms with van der Waals surface area (Å²) in [5, 5.41) is 9.75. The zero-order valence-electron chi connectivity index (χ0n) is 15.6. The summed E-state index contributed by atoms with van der Waals surface area (Å²) >= 11 is 0. The van der Waals surface area contributed by atoms with E-state index < -0.39 is 28.1 Å². The molecule has 1 atom stereocenters. The number of pyridine rings is 1. The lowest BCUT2D eigenvalue weighted by Gasteiger charge is -2.36. The maximum Gasteiger partial charge on any atom is 0.419 e. The molecule has 0 aliphatic carbocycles. The number of anilines is 1. The van der Waals surface area contributed by atoms with Crippen LogP contribution in [0.5, 0.6) is 0 Å². The van der Waals surface area contributed by atoms with Gasteiger partial charge in [0, 0.05) is 37.9 Å². The maximum absolute atomic E-state index is 13.3. The van der Waals surface area contributed by atoms with E-state index in [-0.39, 0.29) is 37.0 Å². The first-order chi connectivity index (χ1) is 13.7. The summed E-state index contributed by atoms with van der Waals surface area (Å²) < 4.78 is 63.6. The number of hydrogen-bond donors (Lipinski definition) is 1. The number of alkyl halides is 3. The third-order valence-corrected chi connectivity index (χ3v) is 5.54. The number of piperazine rings is 1. The van der Waals surface area contributed by atoms with Crippen molar-refractivity contribution in [2.24, 2.45) is 0 Å². The van der Waals surface area contributed by atoms with Crippen LogP contribution in [0, 0.1) is 0 Å². The molecule has 3 rings (SSSR count). The number of hydrogen-bond acceptors (Lipinski definition) is 5. The predicted octanol–water partition coefficient (Wildman–Crippen LogP) is 2.33. The predicted molar refractivity (Wildman–Crippen MR) is 103 cm³/mol. The molecule has 1 saturated heterocycles. The van der Waals surface area contributed by atoms with Crippen molar-refractivity contribution >= 4 is 21.1 Å². The molecule has 156 valence electrons. The topological polar surface area (TPSA) is 73.7 Å². The van der Waals surface area contributed by atoms with Crippen LogP contribution < -0.4 is 4.90 Å². The van der Waals surface area contributed by atoms with Gasteiger partial charge in [0.25, 0.3) is 0 Å². The van der Waals surface area contributed by atoms with Gasteiger partial charge in [0.2, 0.25) is 10.3 Å². The van der Waals surface area contributed by atoms with Gasteiger partial charge in [0.1, 0.15) is 10.8 Å². The lowest BCUT2D eigenvalue weighted by atomic mass is 10.1. The van der Waals surface area contributed by atoms with Crippen LogP contribution >= 0.6 is 0 Å². The largest absolute Gasteiger partial charge is 0.419 e. The van der Waals surface area contributed by atoms with Crippen LogP contribution in [0.4, 0.5) is 19.0 Å². The standard InChI is InChI=1S/C19H20F3N3O3S/c1-13(26)14-4-2-5-15(12-14)18(29(27)28)25-10-8-24(9-11-25)17-16(19(20,21)22)6-3-7-23-17/h2-7,12-13,26H,8-11H2,1H3. The molecule has 1 aliphatic heterocycles. The molecular weight excluding hydrogens is 407 g/mol. The Morgan fingerprint density at radius 1 is 1.14 bits per heavy atom. The molecule has 1 aromatic carbocycles. The number of halogens is 3. The first kappa shape index (κ1) is 21.3. The molecule has 0 radical (unpaired) electrons. The molecule has 0 amide bonds. The number of aliphatic hydroxyl groups is 1. The fourth-order valence-corrected chi connectivity index (χ4v) is 4.02. The summed E-state index contributed by atoms with van der Waals surface area (Å²) in [5.74, 6) is -0.152. The summed E-state index contributed by atoms with van der Waals surface area (Å²) in [4.78, 5) is 7.09. The Morgan fingerprint density at radius 3 is 2.41 bits per heavy atom. The Morgan fingerprint density at radius 2 is 1.83 bits per heavy atom. The lowest BCUT2D eigenvalue weighted by molar-refractivity contribution is -0.137. The van der Waals surface area contributed by atoms with E-state index in [1.165, 1.54) is 17.2 Å². The zero-order chi connectivity index (χ0) is 21.2. The van der Waals surface area contributed by atoms with Crippen LogP contribution in [-0.2, 0) is 16.5 Å². The third kappa shape index (κ3) is 4.77. The van der Waals surface area contributed by atoms with Gasteiger partial charge in [-0.1, -0.05) is 18.2 Å². The van der Waals surface area contributed by atoms with Crippen LogP contribution in [0.25, 0.3) is 0 Å². The molecule has 1 aliphatic rings. The van der Waals surface area contributed by atoms with Crippen molar-refractivity contribution in [2.75, 3.05) is 31.1 Å². The molecule has 29 heavy (non-hydrogen) atoms. The summed E-state index contributed by atoms with van der Waals surface area (Å²) in [6, 6.07) is 8.80. The Hall–Kier alpha value is -2.43. The van der Waals surface area contributed by atoms with Crippen molar-refractivity contribution < 1.29 is 26.7 Å². The highest BCUT2D eigenvalue weighted by molar-refractivity contribution is 7.73. The zero-order valence-corrected chi connectivity index (χ0v) is 16.4. The molecule has 0 bridgehead atoms. The second-order valence-electron chi connectivity index (χ2n) is 6.69. The second-order valence-corrected chi connectivity index (χ2v) is 7.54. The fraction of sp³-hybridized carbons (Fsp3) is 0.368. The minimum atomic E-state index is -4.52. The van der Waals surface area contributed by atoms with Crippen LogP contribution in [0.1, 0.15) is 29.7 Å². The third-order valence-electron chi connectivity index (χ3n) is 4.73. The molecule has 10 heteroatoms. The molecule has 0 spiro atoms. The molecule has 1 fully saturated rings. The van der Waals surface area contributed by atoms with Gasteiger partial charge >= 0.3 is 6.18 Å². The van der Waals surface area contributed by atoms with Gasteiger partial charge in [0.05, 0.1) is 11.7 Å². The van der Waals surface area contributed by atoms with E-state index in [0.29, 0.717) is 11.1 Å². The number of nitrogens with zero attached hydrogens (tertiary/aromatic N) is 3. The quantitative estimate of drug-likeness (QED) is 0.758. The number of rotatable bonds is 3. The van der Waals surface area contributed by atoms with E-state index in [1.807, 2.05) is 0 Å². The van der Waals surface area contributed by atoms with Crippen LogP contribution in [0.15, 0.2) is 42.6 Å². The van der Waals surface area contributed by atoms with Gasteiger partial charge in [-0.25, -0.2) is 4.98 Å². The van der Waals surface area contributed by atoms with Crippen LogP contribution in [0.3, 0.4) is 0 Å². The molecule has 1 unspecified atom stereocenters. The monoisotopic (exact) mass is 427 g/mol. The molecule has 0 saturated carbocycles. The summed E-state index contributed by atoms with van der Waals surface area (Å²) in [6.07, 6.45) is -3.96. The smallest absolute Gasteiger partial charge is 0.389 e. The number of aliphatic hydroxyl groups excluding tert-OH is 1. The molecule has 2 heterocycles. The first-order valence-corrected chi connectivity index (χ1v) is 10.0. The van der Waals surface area contributed by atoms with Gasteiger partial charge in [-0.15, -0.1) is 0 Å². The van der Waals surface area contributed by atoms with E-state index in [1.54, 1.807) is 36.1 Å². The van der Waals surface area contributed by atoms with Gasteiger partial charge < -0.3 is 10.0 Å². The molecular formula is C19H20F3N3O3S. The van der Waals surface area contributed by atoms with Crippen molar-refractivity contribution in [3.63, 3.8) is 0 Å². The highest BCUT2D eigenvalue weighted by Gasteiger charge is 2.36. The number of aromatic nitrogens is 1. The molecule has 6 nitrogen and oxygen atoms in total. The minimum absolute atomic E-state index is 0.0595. The highest BCUT2D eigenvalue weighted by atomic mass is 32.2. The van der Waals surface area contributed by atoms with E-state index in [2.05, 4.69) is 4.98 Å². The van der Waals surface area contributed by atoms with E-state index in [9.17, 15) is 26.7 Å². The van der Waals surface area contributed by atoms with Crippen molar-refractivity contribution in [2.45, 2.75) is 19.2 Å². The van der Waals surface area contributed by atoms with Crippen LogP contribution in [-0.4, -0.2) is 54.6 Å². The SMILES string of the molecule is CC(O)c1cccc(C(N2CCN(c3ncccc3C(F)(F)F)CC2)=S(=O)=O)c1. The van der Waals surface area contributed by atoms with Crippen LogP contribution in [0.2, 0.25) is 0 Å². The van der Waals surface area contributed by atoms with E-state index in [4.69, 9.17) is 0 Å². The van der Waals surface area contributed by atoms with Gasteiger partial charge in [-0.3, -0.25) is 4.90 Å². The van der Waals surface area contributed by atoms with Crippen molar-refractivity contribution in [3.05, 3.63) is 59.3 Å². The molecule has 1 aromatic heterocycles. The average molecular weight is 427 g/mol. The van der Waals surface area contributed by atoms with Gasteiger partial charge in [-0.05, 0) is 30.7 Å². The summed E-state index contributed by atoms with van der Waals surface area (Å²) in [5.41, 5.74) is 0.195. The van der Waals surface area contributed by atoms with Gasteiger partial charge in [0.15, 0.2) is 0 Å². The minimum Gasteiger partial charge on any atom is -0.389 e. The second kappa shape index (κ2) is 8.52. The lowest BCUT2D eigenvalue weighted by Crippen LogP contribution is -2.50. The molecule has 2 aromatic rings. The maximum atomic E-state index is 13.3. The van der Waals surface area contributed by atoms with Crippen molar-refractivity contribution in [1.29, 1.82) is 0 Å². The molecule has 1 N–H and O–H groups in total. The van der Waals surface area contributed by atoms with E-state index in [0.717, 1.165) is 6.07 Å². The first-order valence-electron chi connectivity index (χ1n) is 8.95. The van der Waals surface area contributed by atoms with Crippen molar-refractivity contribution in [3.8, 4) is 0 Å². The average Bonchev–Trinajstić information content (AvgIpc) is 2.68. The number of benzene rings is 1. The van der Waals surface area contributed by atoms with Gasteiger partial charge in [-0.2, -0.15) is 21.6 Å². The Labute approximate surface area is 167 Å². The summed E-state index contributed by atoms with van der Waals surface area (Å²) in [7, 11) is -2.55. The van der Waals surface area contributed by atoms with E-state index >= 15 is 0 Å². The summed E-state index contributed by atoms with van der Waals surface area (Å²) in [6.45, 7) is 2.40. The Kier molecular flexibility index (Phi) is 6.25. The van der Waals surface area contributed by atoms with Crippen molar-refractivity contribution in [1.82, 2.24) is 9.88 Å². The normalized spacial score (nSPS) is 16.5. The highest BCUT2D eigenvalue weighted by Crippen LogP contribution is 2.35. The Bertz CT molecular complexity index is 1010. The Balaban J connectivity index is 1.83. The fourth-order valence-electron chi connectivity index (χ4n) is 3.31.